The van der Waals surface area contributed by atoms with Gasteiger partial charge >= 0.3 is 0 Å². The van der Waals surface area contributed by atoms with E-state index in [2.05, 4.69) is 30.3 Å². The molecule has 1 heterocycles. The Morgan fingerprint density at radius 2 is 2.05 bits per heavy atom. The van der Waals surface area contributed by atoms with Gasteiger partial charge in [0.25, 0.3) is 0 Å². The Labute approximate surface area is 126 Å². The third kappa shape index (κ3) is 3.50. The van der Waals surface area contributed by atoms with Crippen LogP contribution in [-0.4, -0.2) is 16.8 Å². The van der Waals surface area contributed by atoms with Gasteiger partial charge in [-0.05, 0) is 63.1 Å². The summed E-state index contributed by atoms with van der Waals surface area (Å²) >= 11 is 0. The molecule has 4 heteroatoms. The lowest BCUT2D eigenvalue weighted by molar-refractivity contribution is 0.510. The highest BCUT2D eigenvalue weighted by Gasteiger charge is 2.17. The number of halogens is 1. The van der Waals surface area contributed by atoms with Gasteiger partial charge in [-0.25, -0.2) is 4.39 Å². The molecule has 0 saturated heterocycles. The second kappa shape index (κ2) is 6.85. The van der Waals surface area contributed by atoms with Crippen LogP contribution in [0.3, 0.4) is 0 Å². The molecular formula is C17H24FN3. The molecule has 1 atom stereocenters. The lowest BCUT2D eigenvalue weighted by Gasteiger charge is -2.18. The van der Waals surface area contributed by atoms with E-state index in [-0.39, 0.29) is 11.9 Å². The molecule has 0 saturated carbocycles. The second-order valence-electron chi connectivity index (χ2n) is 5.35. The monoisotopic (exact) mass is 289 g/mol. The fraction of sp³-hybridized carbons (Fsp3) is 0.471. The minimum Gasteiger partial charge on any atom is -0.311 e. The van der Waals surface area contributed by atoms with Crippen molar-refractivity contribution in [2.75, 3.05) is 7.05 Å². The molecule has 0 fully saturated rings. The number of nitrogens with zero attached hydrogens (tertiary/aromatic N) is 2. The minimum atomic E-state index is -0.177. The molecule has 1 aromatic heterocycles. The summed E-state index contributed by atoms with van der Waals surface area (Å²) in [6, 6.07) is 7.27. The fourth-order valence-corrected chi connectivity index (χ4v) is 2.63. The molecule has 0 spiro atoms. The van der Waals surface area contributed by atoms with E-state index < -0.39 is 0 Å². The van der Waals surface area contributed by atoms with Crippen molar-refractivity contribution in [2.24, 2.45) is 0 Å². The van der Waals surface area contributed by atoms with E-state index in [0.29, 0.717) is 0 Å². The molecular weight excluding hydrogens is 265 g/mol. The van der Waals surface area contributed by atoms with Gasteiger partial charge in [-0.1, -0.05) is 13.0 Å². The number of benzene rings is 1. The van der Waals surface area contributed by atoms with Crippen LogP contribution in [-0.2, 0) is 19.4 Å². The van der Waals surface area contributed by atoms with Crippen molar-refractivity contribution >= 4 is 0 Å². The van der Waals surface area contributed by atoms with Gasteiger partial charge in [0.05, 0.1) is 17.4 Å². The standard InChI is InChI=1S/C17H24FN3/c1-5-15-11-17(21(6-2)20-15)16(19-4)10-13-9-14(18)8-7-12(13)3/h7-9,11,16,19H,5-6,10H2,1-4H3. The first-order chi connectivity index (χ1) is 10.1. The Kier molecular flexibility index (Phi) is 5.12. The number of hydrogen-bond acceptors (Lipinski definition) is 2. The number of hydrogen-bond donors (Lipinski definition) is 1. The van der Waals surface area contributed by atoms with E-state index in [1.807, 2.05) is 24.7 Å². The Bertz CT molecular complexity index is 604. The Morgan fingerprint density at radius 1 is 1.29 bits per heavy atom. The summed E-state index contributed by atoms with van der Waals surface area (Å²) in [4.78, 5) is 0. The summed E-state index contributed by atoms with van der Waals surface area (Å²) in [6.45, 7) is 7.07. The average Bonchev–Trinajstić information content (AvgIpc) is 2.91. The molecule has 1 N–H and O–H groups in total. The zero-order valence-electron chi connectivity index (χ0n) is 13.3. The van der Waals surface area contributed by atoms with Crippen LogP contribution in [0.2, 0.25) is 0 Å². The number of aryl methyl sites for hydroxylation is 3. The molecule has 2 rings (SSSR count). The first kappa shape index (κ1) is 15.7. The zero-order valence-corrected chi connectivity index (χ0v) is 13.3. The highest BCUT2D eigenvalue weighted by molar-refractivity contribution is 5.29. The van der Waals surface area contributed by atoms with Crippen molar-refractivity contribution in [1.82, 2.24) is 15.1 Å². The van der Waals surface area contributed by atoms with Crippen molar-refractivity contribution in [3.8, 4) is 0 Å². The van der Waals surface area contributed by atoms with Crippen molar-refractivity contribution in [1.29, 1.82) is 0 Å². The maximum atomic E-state index is 13.5. The third-order valence-corrected chi connectivity index (χ3v) is 3.96. The molecule has 3 nitrogen and oxygen atoms in total. The maximum Gasteiger partial charge on any atom is 0.123 e. The van der Waals surface area contributed by atoms with Gasteiger partial charge in [0.2, 0.25) is 0 Å². The number of rotatable bonds is 6. The van der Waals surface area contributed by atoms with E-state index in [9.17, 15) is 4.39 Å². The Balaban J connectivity index is 2.31. The molecule has 2 aromatic rings. The van der Waals surface area contributed by atoms with Gasteiger partial charge in [-0.15, -0.1) is 0 Å². The van der Waals surface area contributed by atoms with E-state index in [1.54, 1.807) is 6.07 Å². The first-order valence-corrected chi connectivity index (χ1v) is 7.57. The molecule has 0 aliphatic rings. The lowest BCUT2D eigenvalue weighted by atomic mass is 9.98. The molecule has 0 aliphatic carbocycles. The molecule has 0 radical (unpaired) electrons. The smallest absolute Gasteiger partial charge is 0.123 e. The second-order valence-corrected chi connectivity index (χ2v) is 5.35. The summed E-state index contributed by atoms with van der Waals surface area (Å²) in [5, 5.41) is 7.94. The topological polar surface area (TPSA) is 29.9 Å². The molecule has 114 valence electrons. The first-order valence-electron chi connectivity index (χ1n) is 7.57. The molecule has 0 amide bonds. The highest BCUT2D eigenvalue weighted by Crippen LogP contribution is 2.22. The quantitative estimate of drug-likeness (QED) is 0.883. The lowest BCUT2D eigenvalue weighted by Crippen LogP contribution is -2.22. The van der Waals surface area contributed by atoms with Gasteiger partial charge in [0.1, 0.15) is 5.82 Å². The van der Waals surface area contributed by atoms with E-state index in [0.717, 1.165) is 36.2 Å². The van der Waals surface area contributed by atoms with Gasteiger partial charge in [0, 0.05) is 6.54 Å². The number of nitrogens with one attached hydrogen (secondary N) is 1. The molecule has 1 aromatic carbocycles. The molecule has 1 unspecified atom stereocenters. The molecule has 0 bridgehead atoms. The van der Waals surface area contributed by atoms with Gasteiger partial charge in [-0.2, -0.15) is 5.10 Å². The summed E-state index contributed by atoms with van der Waals surface area (Å²) < 4.78 is 15.5. The summed E-state index contributed by atoms with van der Waals surface area (Å²) in [7, 11) is 1.94. The van der Waals surface area contributed by atoms with Crippen molar-refractivity contribution in [3.05, 3.63) is 52.6 Å². The third-order valence-electron chi connectivity index (χ3n) is 3.96. The minimum absolute atomic E-state index is 0.137. The van der Waals surface area contributed by atoms with Crippen LogP contribution in [0.4, 0.5) is 4.39 Å². The zero-order chi connectivity index (χ0) is 15.4. The number of aromatic nitrogens is 2. The van der Waals surface area contributed by atoms with E-state index >= 15 is 0 Å². The Morgan fingerprint density at radius 3 is 2.67 bits per heavy atom. The largest absolute Gasteiger partial charge is 0.311 e. The van der Waals surface area contributed by atoms with Crippen LogP contribution < -0.4 is 5.32 Å². The van der Waals surface area contributed by atoms with Crippen LogP contribution in [0.15, 0.2) is 24.3 Å². The van der Waals surface area contributed by atoms with E-state index in [4.69, 9.17) is 0 Å². The van der Waals surface area contributed by atoms with Crippen LogP contribution in [0.5, 0.6) is 0 Å². The predicted molar refractivity (Wildman–Crippen MR) is 83.9 cm³/mol. The molecule has 0 aliphatic heterocycles. The Hall–Kier alpha value is -1.68. The normalized spacial score (nSPS) is 12.6. The predicted octanol–water partition coefficient (Wildman–Crippen LogP) is 3.42. The van der Waals surface area contributed by atoms with Gasteiger partial charge in [0.15, 0.2) is 0 Å². The summed E-state index contributed by atoms with van der Waals surface area (Å²) in [6.07, 6.45) is 1.68. The fourth-order valence-electron chi connectivity index (χ4n) is 2.63. The van der Waals surface area contributed by atoms with Gasteiger partial charge in [-0.3, -0.25) is 4.68 Å². The average molecular weight is 289 g/mol. The highest BCUT2D eigenvalue weighted by atomic mass is 19.1. The van der Waals surface area contributed by atoms with Crippen molar-refractivity contribution in [3.63, 3.8) is 0 Å². The summed E-state index contributed by atoms with van der Waals surface area (Å²) in [5.41, 5.74) is 4.43. The van der Waals surface area contributed by atoms with Crippen LogP contribution in [0.1, 0.15) is 42.4 Å². The van der Waals surface area contributed by atoms with Gasteiger partial charge < -0.3 is 5.32 Å². The van der Waals surface area contributed by atoms with Crippen LogP contribution in [0.25, 0.3) is 0 Å². The van der Waals surface area contributed by atoms with Crippen molar-refractivity contribution in [2.45, 2.75) is 46.2 Å². The van der Waals surface area contributed by atoms with Crippen LogP contribution in [0, 0.1) is 12.7 Å². The number of likely N-dealkylation sites (N-methyl/N-ethyl adjacent to an activating group) is 1. The van der Waals surface area contributed by atoms with Crippen LogP contribution >= 0.6 is 0 Å². The van der Waals surface area contributed by atoms with E-state index in [1.165, 1.54) is 11.8 Å². The van der Waals surface area contributed by atoms with Crippen molar-refractivity contribution < 1.29 is 4.39 Å². The molecule has 21 heavy (non-hydrogen) atoms. The SMILES string of the molecule is CCc1cc(C(Cc2cc(F)ccc2C)NC)n(CC)n1. The maximum absolute atomic E-state index is 13.5. The summed E-state index contributed by atoms with van der Waals surface area (Å²) in [5.74, 6) is -0.177.